The molecule has 1 heterocycles. The van der Waals surface area contributed by atoms with Gasteiger partial charge < -0.3 is 5.32 Å². The summed E-state index contributed by atoms with van der Waals surface area (Å²) in [6, 6.07) is 0. The van der Waals surface area contributed by atoms with E-state index < -0.39 is 0 Å². The van der Waals surface area contributed by atoms with Gasteiger partial charge in [-0.2, -0.15) is 0 Å². The van der Waals surface area contributed by atoms with Crippen LogP contribution in [0.2, 0.25) is 4.47 Å². The molecule has 1 rings (SSSR count). The van der Waals surface area contributed by atoms with E-state index in [9.17, 15) is 0 Å². The zero-order valence-electron chi connectivity index (χ0n) is 8.17. The molecule has 4 heteroatoms. The topological polar surface area (TPSA) is 24.9 Å². The first-order valence-electron chi connectivity index (χ1n) is 4.44. The van der Waals surface area contributed by atoms with E-state index in [0.29, 0.717) is 16.3 Å². The first-order valence-corrected chi connectivity index (χ1v) is 5.70. The Bertz CT molecular complexity index is 260. The molecule has 0 spiro atoms. The average Bonchev–Trinajstić information content (AvgIpc) is 2.47. The molecule has 0 bridgehead atoms. The summed E-state index contributed by atoms with van der Waals surface area (Å²) in [6.45, 7) is 7.63. The van der Waals surface area contributed by atoms with Gasteiger partial charge in [0.05, 0.1) is 0 Å². The van der Waals surface area contributed by atoms with Gasteiger partial charge in [-0.25, -0.2) is 4.98 Å². The number of hydrogen-bond acceptors (Lipinski definition) is 3. The third-order valence-electron chi connectivity index (χ3n) is 2.22. The first kappa shape index (κ1) is 10.8. The normalized spacial score (nSPS) is 13.3. The number of thiazole rings is 1. The molecule has 1 unspecified atom stereocenters. The highest BCUT2D eigenvalue weighted by atomic mass is 35.5. The van der Waals surface area contributed by atoms with Gasteiger partial charge in [-0.1, -0.05) is 32.4 Å². The highest BCUT2D eigenvalue weighted by molar-refractivity contribution is 7.14. The van der Waals surface area contributed by atoms with Crippen LogP contribution in [0.25, 0.3) is 0 Å². The van der Waals surface area contributed by atoms with Crippen molar-refractivity contribution >= 4 is 28.8 Å². The van der Waals surface area contributed by atoms with E-state index in [1.807, 2.05) is 5.38 Å². The van der Waals surface area contributed by atoms with Crippen molar-refractivity contribution in [1.82, 2.24) is 4.98 Å². The second kappa shape index (κ2) is 4.82. The van der Waals surface area contributed by atoms with Gasteiger partial charge in [0.25, 0.3) is 0 Å². The van der Waals surface area contributed by atoms with Gasteiger partial charge in [0.1, 0.15) is 5.82 Å². The Morgan fingerprint density at radius 1 is 1.54 bits per heavy atom. The van der Waals surface area contributed by atoms with Crippen LogP contribution < -0.4 is 5.32 Å². The minimum atomic E-state index is 0.597. The Morgan fingerprint density at radius 3 is 2.69 bits per heavy atom. The average molecular weight is 219 g/mol. The molecule has 0 fully saturated rings. The van der Waals surface area contributed by atoms with Gasteiger partial charge in [0.15, 0.2) is 4.47 Å². The highest BCUT2D eigenvalue weighted by Crippen LogP contribution is 2.19. The summed E-state index contributed by atoms with van der Waals surface area (Å²) in [5, 5.41) is 5.20. The maximum Gasteiger partial charge on any atom is 0.185 e. The molecule has 0 aliphatic carbocycles. The predicted molar refractivity (Wildman–Crippen MR) is 59.6 cm³/mol. The fourth-order valence-corrected chi connectivity index (χ4v) is 1.55. The highest BCUT2D eigenvalue weighted by Gasteiger charge is 2.07. The van der Waals surface area contributed by atoms with Gasteiger partial charge in [-0.05, 0) is 11.8 Å². The molecule has 2 nitrogen and oxygen atoms in total. The monoisotopic (exact) mass is 218 g/mol. The number of halogens is 1. The van der Waals surface area contributed by atoms with Crippen LogP contribution >= 0.6 is 22.9 Å². The van der Waals surface area contributed by atoms with E-state index in [1.165, 1.54) is 11.3 Å². The number of nitrogens with zero attached hydrogens (tertiary/aromatic N) is 1. The molecule has 1 N–H and O–H groups in total. The molecular weight excluding hydrogens is 204 g/mol. The molecule has 0 saturated heterocycles. The first-order chi connectivity index (χ1) is 6.09. The smallest absolute Gasteiger partial charge is 0.185 e. The molecule has 0 aromatic carbocycles. The Balaban J connectivity index is 2.35. The van der Waals surface area contributed by atoms with Crippen molar-refractivity contribution in [3.05, 3.63) is 9.85 Å². The van der Waals surface area contributed by atoms with Crippen molar-refractivity contribution in [3.8, 4) is 0 Å². The van der Waals surface area contributed by atoms with Crippen LogP contribution in [0.1, 0.15) is 20.8 Å². The number of aromatic nitrogens is 1. The minimum Gasteiger partial charge on any atom is -0.369 e. The summed E-state index contributed by atoms with van der Waals surface area (Å²) < 4.78 is 0.597. The Morgan fingerprint density at radius 2 is 2.23 bits per heavy atom. The van der Waals surface area contributed by atoms with E-state index in [1.54, 1.807) is 0 Å². The summed E-state index contributed by atoms with van der Waals surface area (Å²) in [5.74, 6) is 2.24. The van der Waals surface area contributed by atoms with E-state index in [-0.39, 0.29) is 0 Å². The SMILES string of the molecule is CC(C)C(C)CNc1csc(Cl)n1. The van der Waals surface area contributed by atoms with E-state index in [2.05, 4.69) is 31.1 Å². The second-order valence-corrected chi connectivity index (χ2v) is 5.03. The Labute approximate surface area is 88.3 Å². The molecule has 1 atom stereocenters. The fraction of sp³-hybridized carbons (Fsp3) is 0.667. The zero-order chi connectivity index (χ0) is 9.84. The van der Waals surface area contributed by atoms with Gasteiger partial charge in [-0.3, -0.25) is 0 Å². The molecule has 0 amide bonds. The summed E-state index contributed by atoms with van der Waals surface area (Å²) in [7, 11) is 0. The lowest BCUT2D eigenvalue weighted by molar-refractivity contribution is 0.439. The van der Waals surface area contributed by atoms with Gasteiger partial charge in [-0.15, -0.1) is 11.3 Å². The third-order valence-corrected chi connectivity index (χ3v) is 3.20. The van der Waals surface area contributed by atoms with Crippen LogP contribution in [-0.2, 0) is 0 Å². The molecular formula is C9H15ClN2S. The summed E-state index contributed by atoms with van der Waals surface area (Å²) in [6.07, 6.45) is 0. The summed E-state index contributed by atoms with van der Waals surface area (Å²) in [5.41, 5.74) is 0. The lowest BCUT2D eigenvalue weighted by Crippen LogP contribution is -2.16. The third kappa shape index (κ3) is 3.53. The maximum absolute atomic E-state index is 5.71. The standard InChI is InChI=1S/C9H15ClN2S/c1-6(2)7(3)4-11-8-5-13-9(10)12-8/h5-7,11H,4H2,1-3H3. The summed E-state index contributed by atoms with van der Waals surface area (Å²) in [4.78, 5) is 4.11. The zero-order valence-corrected chi connectivity index (χ0v) is 9.75. The number of hydrogen-bond donors (Lipinski definition) is 1. The van der Waals surface area contributed by atoms with Crippen molar-refractivity contribution in [2.45, 2.75) is 20.8 Å². The van der Waals surface area contributed by atoms with Crippen LogP contribution in [0.15, 0.2) is 5.38 Å². The van der Waals surface area contributed by atoms with Crippen molar-refractivity contribution in [1.29, 1.82) is 0 Å². The van der Waals surface area contributed by atoms with E-state index in [4.69, 9.17) is 11.6 Å². The number of rotatable bonds is 4. The van der Waals surface area contributed by atoms with E-state index in [0.717, 1.165) is 12.4 Å². The summed E-state index contributed by atoms with van der Waals surface area (Å²) >= 11 is 7.16. The molecule has 74 valence electrons. The molecule has 0 radical (unpaired) electrons. The van der Waals surface area contributed by atoms with Gasteiger partial charge in [0.2, 0.25) is 0 Å². The van der Waals surface area contributed by atoms with Crippen LogP contribution in [0.3, 0.4) is 0 Å². The lowest BCUT2D eigenvalue weighted by atomic mass is 9.98. The second-order valence-electron chi connectivity index (χ2n) is 3.59. The molecule has 0 aliphatic heterocycles. The maximum atomic E-state index is 5.71. The van der Waals surface area contributed by atoms with Crippen molar-refractivity contribution in [2.24, 2.45) is 11.8 Å². The molecule has 0 saturated carbocycles. The predicted octanol–water partition coefficient (Wildman–Crippen LogP) is 3.50. The van der Waals surface area contributed by atoms with Gasteiger partial charge in [0, 0.05) is 11.9 Å². The van der Waals surface area contributed by atoms with E-state index >= 15 is 0 Å². The van der Waals surface area contributed by atoms with Crippen LogP contribution in [-0.4, -0.2) is 11.5 Å². The molecule has 0 aliphatic rings. The van der Waals surface area contributed by atoms with Crippen LogP contribution in [0, 0.1) is 11.8 Å². The molecule has 1 aromatic rings. The van der Waals surface area contributed by atoms with Crippen molar-refractivity contribution in [2.75, 3.05) is 11.9 Å². The number of anilines is 1. The number of nitrogens with one attached hydrogen (secondary N) is 1. The molecule has 1 aromatic heterocycles. The van der Waals surface area contributed by atoms with Crippen molar-refractivity contribution < 1.29 is 0 Å². The fourth-order valence-electron chi connectivity index (χ4n) is 0.834. The van der Waals surface area contributed by atoms with Crippen LogP contribution in [0.5, 0.6) is 0 Å². The Hall–Kier alpha value is -0.280. The van der Waals surface area contributed by atoms with Gasteiger partial charge >= 0.3 is 0 Å². The van der Waals surface area contributed by atoms with Crippen molar-refractivity contribution in [3.63, 3.8) is 0 Å². The largest absolute Gasteiger partial charge is 0.369 e. The molecule has 13 heavy (non-hydrogen) atoms. The van der Waals surface area contributed by atoms with Crippen LogP contribution in [0.4, 0.5) is 5.82 Å². The minimum absolute atomic E-state index is 0.597. The Kier molecular flexibility index (Phi) is 4.00. The quantitative estimate of drug-likeness (QED) is 0.837. The lowest BCUT2D eigenvalue weighted by Gasteiger charge is -2.15.